The first kappa shape index (κ1) is 14.9. The maximum atomic E-state index is 13.3. The highest BCUT2D eigenvalue weighted by molar-refractivity contribution is 5.93. The number of nitrogens with zero attached hydrogens (tertiary/aromatic N) is 2. The van der Waals surface area contributed by atoms with Crippen molar-refractivity contribution in [2.75, 3.05) is 0 Å². The van der Waals surface area contributed by atoms with Gasteiger partial charge in [0, 0.05) is 18.3 Å². The molecule has 1 amide bonds. The minimum absolute atomic E-state index is 0.119. The van der Waals surface area contributed by atoms with Crippen LogP contribution in [0.1, 0.15) is 15.9 Å². The smallest absolute Gasteiger partial charge is 0.348 e. The van der Waals surface area contributed by atoms with Gasteiger partial charge in [-0.05, 0) is 18.2 Å². The first-order valence-corrected chi connectivity index (χ1v) is 5.61. The largest absolute Gasteiger partial charge is 0.504 e. The topological polar surface area (TPSA) is 46.9 Å². The van der Waals surface area contributed by atoms with Crippen LogP contribution in [0.5, 0.6) is 0 Å². The van der Waals surface area contributed by atoms with E-state index in [1.807, 2.05) is 0 Å². The summed E-state index contributed by atoms with van der Waals surface area (Å²) in [5.41, 5.74) is -0.462. The summed E-state index contributed by atoms with van der Waals surface area (Å²) >= 11 is 0. The van der Waals surface area contributed by atoms with Gasteiger partial charge in [-0.1, -0.05) is 0 Å². The molecule has 112 valence electrons. The number of amides is 1. The van der Waals surface area contributed by atoms with Gasteiger partial charge in [-0.25, -0.2) is 8.78 Å². The third-order valence-electron chi connectivity index (χ3n) is 2.55. The van der Waals surface area contributed by atoms with Crippen molar-refractivity contribution >= 4 is 5.91 Å². The second kappa shape index (κ2) is 5.51. The number of carbonyl (C=O) groups excluding carboxylic acids is 1. The molecule has 2 aromatic rings. The summed E-state index contributed by atoms with van der Waals surface area (Å²) in [4.78, 5) is 11.6. The molecule has 1 heterocycles. The summed E-state index contributed by atoms with van der Waals surface area (Å²) in [6.45, 7) is -0.361. The van der Waals surface area contributed by atoms with Crippen LogP contribution < -0.4 is 5.32 Å². The van der Waals surface area contributed by atoms with Crippen LogP contribution in [0.3, 0.4) is 0 Å². The molecular weight excluding hydrogens is 297 g/mol. The minimum atomic E-state index is -4.73. The van der Waals surface area contributed by atoms with Gasteiger partial charge in [0.1, 0.15) is 11.6 Å². The van der Waals surface area contributed by atoms with Crippen molar-refractivity contribution in [3.8, 4) is 0 Å². The van der Waals surface area contributed by atoms with Gasteiger partial charge in [-0.15, -0.1) is 13.2 Å². The molecule has 0 saturated heterocycles. The molecule has 0 spiro atoms. The molecule has 1 N–H and O–H groups in total. The Balaban J connectivity index is 2.05. The van der Waals surface area contributed by atoms with Crippen LogP contribution in [0.2, 0.25) is 0 Å². The lowest BCUT2D eigenvalue weighted by molar-refractivity contribution is -0.212. The van der Waals surface area contributed by atoms with E-state index in [0.717, 1.165) is 24.4 Å². The second-order valence-electron chi connectivity index (χ2n) is 4.06. The lowest BCUT2D eigenvalue weighted by atomic mass is 10.2. The van der Waals surface area contributed by atoms with Crippen LogP contribution in [0.4, 0.5) is 22.0 Å². The third kappa shape index (κ3) is 3.56. The Hall–Kier alpha value is -2.45. The lowest BCUT2D eigenvalue weighted by Gasteiger charge is -2.06. The average Bonchev–Trinajstić information content (AvgIpc) is 2.89. The van der Waals surface area contributed by atoms with Gasteiger partial charge in [-0.2, -0.15) is 9.78 Å². The average molecular weight is 305 g/mol. The summed E-state index contributed by atoms with van der Waals surface area (Å²) < 4.78 is 62.8. The number of alkyl halides is 3. The lowest BCUT2D eigenvalue weighted by Crippen LogP contribution is -2.23. The van der Waals surface area contributed by atoms with Crippen molar-refractivity contribution in [1.82, 2.24) is 15.1 Å². The fraction of sp³-hybridized carbons (Fsp3) is 0.167. The predicted molar refractivity (Wildman–Crippen MR) is 61.1 cm³/mol. The van der Waals surface area contributed by atoms with E-state index in [0.29, 0.717) is 6.20 Å². The van der Waals surface area contributed by atoms with E-state index < -0.39 is 23.8 Å². The molecule has 0 atom stereocenters. The standard InChI is InChI=1S/C12H8F5N3O/c13-9-1-2-10(14)7(3-9)4-18-11(21)8-5-19-20(6-8)12(15,16)17/h1-3,5-6H,4H2,(H,18,21). The minimum Gasteiger partial charge on any atom is -0.348 e. The van der Waals surface area contributed by atoms with Crippen molar-refractivity contribution in [2.45, 2.75) is 12.8 Å². The number of benzene rings is 1. The van der Waals surface area contributed by atoms with E-state index in [9.17, 15) is 26.7 Å². The van der Waals surface area contributed by atoms with Crippen LogP contribution in [0.25, 0.3) is 0 Å². The molecule has 1 aromatic heterocycles. The number of aromatic nitrogens is 2. The molecule has 0 fully saturated rings. The van der Waals surface area contributed by atoms with Crippen molar-refractivity contribution in [3.63, 3.8) is 0 Å². The van der Waals surface area contributed by atoms with Crippen LogP contribution in [-0.2, 0) is 12.8 Å². The normalized spacial score (nSPS) is 11.5. The van der Waals surface area contributed by atoms with Crippen molar-refractivity contribution in [2.24, 2.45) is 0 Å². The van der Waals surface area contributed by atoms with Crippen molar-refractivity contribution in [1.29, 1.82) is 0 Å². The predicted octanol–water partition coefficient (Wildman–Crippen LogP) is 2.57. The van der Waals surface area contributed by atoms with Crippen LogP contribution in [0, 0.1) is 11.6 Å². The number of carbonyl (C=O) groups is 1. The molecule has 0 unspecified atom stereocenters. The number of hydrogen-bond donors (Lipinski definition) is 1. The Bertz CT molecular complexity index is 665. The fourth-order valence-corrected chi connectivity index (χ4v) is 1.54. The van der Waals surface area contributed by atoms with E-state index in [2.05, 4.69) is 10.4 Å². The Kier molecular flexibility index (Phi) is 3.92. The monoisotopic (exact) mass is 305 g/mol. The quantitative estimate of drug-likeness (QED) is 0.886. The van der Waals surface area contributed by atoms with E-state index in [1.165, 1.54) is 0 Å². The zero-order chi connectivity index (χ0) is 15.6. The Morgan fingerprint density at radius 2 is 2.00 bits per heavy atom. The highest BCUT2D eigenvalue weighted by atomic mass is 19.4. The van der Waals surface area contributed by atoms with Gasteiger partial charge in [0.2, 0.25) is 0 Å². The molecule has 21 heavy (non-hydrogen) atoms. The molecule has 2 rings (SSSR count). The Morgan fingerprint density at radius 3 is 2.62 bits per heavy atom. The van der Waals surface area contributed by atoms with E-state index in [-0.39, 0.29) is 22.4 Å². The highest BCUT2D eigenvalue weighted by Crippen LogP contribution is 2.21. The highest BCUT2D eigenvalue weighted by Gasteiger charge is 2.32. The van der Waals surface area contributed by atoms with Crippen LogP contribution in [0.15, 0.2) is 30.6 Å². The fourth-order valence-electron chi connectivity index (χ4n) is 1.54. The number of hydrogen-bond acceptors (Lipinski definition) is 2. The number of rotatable bonds is 3. The first-order chi connectivity index (χ1) is 9.77. The molecule has 0 radical (unpaired) electrons. The summed E-state index contributed by atoms with van der Waals surface area (Å²) in [5.74, 6) is -2.30. The van der Waals surface area contributed by atoms with E-state index in [4.69, 9.17) is 0 Å². The van der Waals surface area contributed by atoms with Gasteiger partial charge in [0.05, 0.1) is 11.8 Å². The third-order valence-corrected chi connectivity index (χ3v) is 2.55. The summed E-state index contributed by atoms with van der Waals surface area (Å²) in [5, 5.41) is 5.17. The molecule has 9 heteroatoms. The summed E-state index contributed by atoms with van der Waals surface area (Å²) in [6.07, 6.45) is -3.50. The van der Waals surface area contributed by atoms with Gasteiger partial charge in [0.15, 0.2) is 0 Å². The summed E-state index contributed by atoms with van der Waals surface area (Å²) in [6, 6.07) is 2.68. The van der Waals surface area contributed by atoms with Gasteiger partial charge < -0.3 is 5.32 Å². The van der Waals surface area contributed by atoms with Gasteiger partial charge in [-0.3, -0.25) is 4.79 Å². The zero-order valence-electron chi connectivity index (χ0n) is 10.3. The molecule has 0 aliphatic heterocycles. The first-order valence-electron chi connectivity index (χ1n) is 5.61. The van der Waals surface area contributed by atoms with E-state index in [1.54, 1.807) is 0 Å². The molecule has 0 saturated carbocycles. The summed E-state index contributed by atoms with van der Waals surface area (Å²) in [7, 11) is 0. The Labute approximate surface area is 115 Å². The van der Waals surface area contributed by atoms with Crippen LogP contribution in [-0.4, -0.2) is 15.7 Å². The SMILES string of the molecule is O=C(NCc1cc(F)ccc1F)c1cnn(C(F)(F)F)c1. The second-order valence-corrected chi connectivity index (χ2v) is 4.06. The molecule has 4 nitrogen and oxygen atoms in total. The van der Waals surface area contributed by atoms with Gasteiger partial charge >= 0.3 is 6.30 Å². The van der Waals surface area contributed by atoms with E-state index >= 15 is 0 Å². The maximum Gasteiger partial charge on any atom is 0.504 e. The molecule has 0 aliphatic carbocycles. The molecule has 1 aromatic carbocycles. The number of nitrogens with one attached hydrogen (secondary N) is 1. The number of halogens is 5. The maximum absolute atomic E-state index is 13.3. The van der Waals surface area contributed by atoms with Crippen molar-refractivity contribution in [3.05, 3.63) is 53.4 Å². The molecule has 0 bridgehead atoms. The molecular formula is C12H8F5N3O. The van der Waals surface area contributed by atoms with Crippen molar-refractivity contribution < 1.29 is 26.7 Å². The van der Waals surface area contributed by atoms with Crippen LogP contribution >= 0.6 is 0 Å². The molecule has 0 aliphatic rings. The zero-order valence-corrected chi connectivity index (χ0v) is 10.3. The Morgan fingerprint density at radius 1 is 1.29 bits per heavy atom. The van der Waals surface area contributed by atoms with Gasteiger partial charge in [0.25, 0.3) is 5.91 Å².